The molecule has 2 nitrogen and oxygen atoms in total. The Balaban J connectivity index is 2.65. The van der Waals surface area contributed by atoms with Crippen molar-refractivity contribution in [2.24, 2.45) is 0 Å². The maximum atomic E-state index is 13.9. The molecule has 5 heteroatoms. The lowest BCUT2D eigenvalue weighted by atomic mass is 9.98. The standard InChI is InChI=1S/C15H9Cl2FO2/c16-9-4-6-13(17)12(8-9)10-2-1-3-14(18)11(10)5-7-15(19)20/h1-8H,(H,19,20)/b7-5+. The van der Waals surface area contributed by atoms with E-state index in [0.717, 1.165) is 6.08 Å². The van der Waals surface area contributed by atoms with Crippen LogP contribution in [0.3, 0.4) is 0 Å². The predicted molar refractivity (Wildman–Crippen MR) is 78.5 cm³/mol. The van der Waals surface area contributed by atoms with Gasteiger partial charge in [-0.05, 0) is 35.9 Å². The average Bonchev–Trinajstić information content (AvgIpc) is 2.40. The minimum atomic E-state index is -1.16. The highest BCUT2D eigenvalue weighted by atomic mass is 35.5. The number of carboxylic acid groups (broad SMARTS) is 1. The van der Waals surface area contributed by atoms with Crippen LogP contribution in [-0.2, 0) is 4.79 Å². The lowest BCUT2D eigenvalue weighted by molar-refractivity contribution is -0.131. The monoisotopic (exact) mass is 310 g/mol. The fourth-order valence-corrected chi connectivity index (χ4v) is 2.19. The number of halogens is 3. The molecule has 2 rings (SSSR count). The first-order valence-corrected chi connectivity index (χ1v) is 6.39. The van der Waals surface area contributed by atoms with Gasteiger partial charge >= 0.3 is 5.97 Å². The van der Waals surface area contributed by atoms with Gasteiger partial charge in [0, 0.05) is 27.2 Å². The van der Waals surface area contributed by atoms with E-state index >= 15 is 0 Å². The summed E-state index contributed by atoms with van der Waals surface area (Å²) < 4.78 is 13.9. The van der Waals surface area contributed by atoms with Crippen LogP contribution < -0.4 is 0 Å². The summed E-state index contributed by atoms with van der Waals surface area (Å²) in [6, 6.07) is 9.27. The van der Waals surface area contributed by atoms with E-state index in [0.29, 0.717) is 21.2 Å². The molecule has 0 radical (unpaired) electrons. The molecule has 0 spiro atoms. The minimum Gasteiger partial charge on any atom is -0.478 e. The van der Waals surface area contributed by atoms with Crippen molar-refractivity contribution in [1.82, 2.24) is 0 Å². The van der Waals surface area contributed by atoms with Crippen LogP contribution in [0, 0.1) is 5.82 Å². The third kappa shape index (κ3) is 3.18. The highest BCUT2D eigenvalue weighted by Gasteiger charge is 2.11. The van der Waals surface area contributed by atoms with Gasteiger partial charge in [0.05, 0.1) is 0 Å². The zero-order chi connectivity index (χ0) is 14.7. The van der Waals surface area contributed by atoms with Crippen molar-refractivity contribution in [1.29, 1.82) is 0 Å². The van der Waals surface area contributed by atoms with Gasteiger partial charge in [-0.15, -0.1) is 0 Å². The van der Waals surface area contributed by atoms with Gasteiger partial charge in [0.1, 0.15) is 5.82 Å². The van der Waals surface area contributed by atoms with Crippen molar-refractivity contribution < 1.29 is 14.3 Å². The first-order valence-electron chi connectivity index (χ1n) is 5.64. The summed E-state index contributed by atoms with van der Waals surface area (Å²) in [6.07, 6.45) is 2.07. The maximum absolute atomic E-state index is 13.9. The number of hydrogen-bond acceptors (Lipinski definition) is 1. The molecule has 0 aliphatic carbocycles. The SMILES string of the molecule is O=C(O)/C=C/c1c(F)cccc1-c1cc(Cl)ccc1Cl. The molecular weight excluding hydrogens is 302 g/mol. The second kappa shape index (κ2) is 6.07. The number of hydrogen-bond donors (Lipinski definition) is 1. The minimum absolute atomic E-state index is 0.152. The van der Waals surface area contributed by atoms with E-state index in [4.69, 9.17) is 28.3 Å². The van der Waals surface area contributed by atoms with Crippen molar-refractivity contribution in [2.45, 2.75) is 0 Å². The van der Waals surface area contributed by atoms with Crippen LogP contribution in [0.5, 0.6) is 0 Å². The second-order valence-electron chi connectivity index (χ2n) is 4.00. The van der Waals surface area contributed by atoms with E-state index in [-0.39, 0.29) is 5.56 Å². The van der Waals surface area contributed by atoms with Crippen LogP contribution >= 0.6 is 23.2 Å². The second-order valence-corrected chi connectivity index (χ2v) is 4.84. The molecule has 0 aliphatic rings. The number of carboxylic acids is 1. The van der Waals surface area contributed by atoms with Gasteiger partial charge in [0.2, 0.25) is 0 Å². The molecule has 102 valence electrons. The van der Waals surface area contributed by atoms with Crippen LogP contribution in [0.2, 0.25) is 10.0 Å². The van der Waals surface area contributed by atoms with E-state index in [1.165, 1.54) is 18.2 Å². The van der Waals surface area contributed by atoms with Gasteiger partial charge in [-0.2, -0.15) is 0 Å². The molecule has 0 bridgehead atoms. The van der Waals surface area contributed by atoms with Crippen LogP contribution in [0.4, 0.5) is 4.39 Å². The molecular formula is C15H9Cl2FO2. The molecule has 0 saturated heterocycles. The summed E-state index contributed by atoms with van der Waals surface area (Å²) in [6.45, 7) is 0. The number of aliphatic carboxylic acids is 1. The molecule has 0 amide bonds. The fourth-order valence-electron chi connectivity index (χ4n) is 1.80. The van der Waals surface area contributed by atoms with E-state index in [2.05, 4.69) is 0 Å². The van der Waals surface area contributed by atoms with Crippen molar-refractivity contribution in [3.63, 3.8) is 0 Å². The Morgan fingerprint density at radius 3 is 2.60 bits per heavy atom. The molecule has 0 heterocycles. The Morgan fingerprint density at radius 1 is 1.15 bits per heavy atom. The largest absolute Gasteiger partial charge is 0.478 e. The summed E-state index contributed by atoms with van der Waals surface area (Å²) in [5.41, 5.74) is 1.18. The number of carbonyl (C=O) groups is 1. The number of benzene rings is 2. The van der Waals surface area contributed by atoms with Crippen LogP contribution in [0.25, 0.3) is 17.2 Å². The van der Waals surface area contributed by atoms with Gasteiger partial charge in [0.15, 0.2) is 0 Å². The molecule has 2 aromatic rings. The van der Waals surface area contributed by atoms with Crippen molar-refractivity contribution in [3.8, 4) is 11.1 Å². The van der Waals surface area contributed by atoms with Gasteiger partial charge in [0.25, 0.3) is 0 Å². The predicted octanol–water partition coefficient (Wildman–Crippen LogP) is 4.90. The van der Waals surface area contributed by atoms with E-state index in [1.807, 2.05) is 0 Å². The van der Waals surface area contributed by atoms with Gasteiger partial charge in [-0.1, -0.05) is 35.3 Å². The molecule has 0 atom stereocenters. The Kier molecular flexibility index (Phi) is 4.42. The highest BCUT2D eigenvalue weighted by Crippen LogP contribution is 2.34. The molecule has 0 saturated carbocycles. The van der Waals surface area contributed by atoms with Crippen molar-refractivity contribution in [2.75, 3.05) is 0 Å². The van der Waals surface area contributed by atoms with Gasteiger partial charge < -0.3 is 5.11 Å². The Hall–Kier alpha value is -1.84. The zero-order valence-electron chi connectivity index (χ0n) is 10.1. The van der Waals surface area contributed by atoms with E-state index < -0.39 is 11.8 Å². The first kappa shape index (κ1) is 14.6. The third-order valence-electron chi connectivity index (χ3n) is 2.66. The molecule has 1 N–H and O–H groups in total. The Morgan fingerprint density at radius 2 is 1.90 bits per heavy atom. The highest BCUT2D eigenvalue weighted by molar-refractivity contribution is 6.35. The lowest BCUT2D eigenvalue weighted by Crippen LogP contribution is -1.92. The number of rotatable bonds is 3. The third-order valence-corrected chi connectivity index (χ3v) is 3.23. The summed E-state index contributed by atoms with van der Waals surface area (Å²) in [5.74, 6) is -1.69. The van der Waals surface area contributed by atoms with E-state index in [1.54, 1.807) is 24.3 Å². The molecule has 0 unspecified atom stereocenters. The fraction of sp³-hybridized carbons (Fsp3) is 0. The van der Waals surface area contributed by atoms with Gasteiger partial charge in [-0.3, -0.25) is 0 Å². The molecule has 20 heavy (non-hydrogen) atoms. The zero-order valence-corrected chi connectivity index (χ0v) is 11.6. The molecule has 0 fully saturated rings. The van der Waals surface area contributed by atoms with Crippen LogP contribution in [0.15, 0.2) is 42.5 Å². The van der Waals surface area contributed by atoms with Crippen molar-refractivity contribution in [3.05, 3.63) is 63.9 Å². The Bertz CT molecular complexity index is 696. The summed E-state index contributed by atoms with van der Waals surface area (Å²) >= 11 is 12.0. The van der Waals surface area contributed by atoms with Gasteiger partial charge in [-0.25, -0.2) is 9.18 Å². The Labute approximate surface area is 125 Å². The lowest BCUT2D eigenvalue weighted by Gasteiger charge is -2.10. The summed E-state index contributed by atoms with van der Waals surface area (Å²) in [7, 11) is 0. The maximum Gasteiger partial charge on any atom is 0.328 e. The topological polar surface area (TPSA) is 37.3 Å². The summed E-state index contributed by atoms with van der Waals surface area (Å²) in [5, 5.41) is 9.54. The quantitative estimate of drug-likeness (QED) is 0.819. The molecule has 0 aliphatic heterocycles. The average molecular weight is 311 g/mol. The molecule has 2 aromatic carbocycles. The van der Waals surface area contributed by atoms with Crippen LogP contribution in [0.1, 0.15) is 5.56 Å². The van der Waals surface area contributed by atoms with E-state index in [9.17, 15) is 9.18 Å². The first-order chi connectivity index (χ1) is 9.49. The van der Waals surface area contributed by atoms with Crippen molar-refractivity contribution >= 4 is 35.2 Å². The smallest absolute Gasteiger partial charge is 0.328 e. The van der Waals surface area contributed by atoms with Crippen LogP contribution in [-0.4, -0.2) is 11.1 Å². The summed E-state index contributed by atoms with van der Waals surface area (Å²) in [4.78, 5) is 10.6. The normalized spacial score (nSPS) is 10.9. The molecule has 0 aromatic heterocycles.